The Morgan fingerprint density at radius 1 is 0.788 bits per heavy atom. The molecule has 0 atom stereocenters. The van der Waals surface area contributed by atoms with Crippen LogP contribution in [0.25, 0.3) is 10.8 Å². The molecule has 0 radical (unpaired) electrons. The maximum absolute atomic E-state index is 12.6. The molecule has 2 amide bonds. The highest BCUT2D eigenvalue weighted by Crippen LogP contribution is 2.28. The minimum absolute atomic E-state index is 0.131. The molecule has 3 N–H and O–H groups in total. The number of nitrogens with one attached hydrogen (secondary N) is 2. The van der Waals surface area contributed by atoms with Crippen molar-refractivity contribution in [2.24, 2.45) is 0 Å². The first-order valence-corrected chi connectivity index (χ1v) is 11.2. The number of carbonyl (C=O) groups is 2. The predicted octanol–water partition coefficient (Wildman–Crippen LogP) is 4.95. The van der Waals surface area contributed by atoms with Gasteiger partial charge in [0.2, 0.25) is 0 Å². The second-order valence-electron chi connectivity index (χ2n) is 6.97. The fraction of sp³-hybridized carbons (Fsp3) is 0. The molecule has 166 valence electrons. The lowest BCUT2D eigenvalue weighted by atomic mass is 10.1. The Kier molecular flexibility index (Phi) is 5.97. The zero-order valence-electron chi connectivity index (χ0n) is 17.1. The summed E-state index contributed by atoms with van der Waals surface area (Å²) in [7, 11) is -4.28. The molecular weight excluding hydrogens is 444 g/mol. The van der Waals surface area contributed by atoms with E-state index in [4.69, 9.17) is 4.18 Å². The highest BCUT2D eigenvalue weighted by Gasteiger charge is 2.21. The Balaban J connectivity index is 1.58. The second kappa shape index (κ2) is 9.01. The molecule has 0 saturated carbocycles. The van der Waals surface area contributed by atoms with E-state index in [1.54, 1.807) is 18.2 Å². The van der Waals surface area contributed by atoms with E-state index >= 15 is 0 Å². The Bertz CT molecular complexity index is 1450. The molecular formula is C24H18N2O6S. The van der Waals surface area contributed by atoms with Crippen molar-refractivity contribution in [3.05, 3.63) is 96.6 Å². The van der Waals surface area contributed by atoms with Gasteiger partial charge in [-0.2, -0.15) is 8.42 Å². The lowest BCUT2D eigenvalue weighted by Gasteiger charge is -2.13. The van der Waals surface area contributed by atoms with Gasteiger partial charge in [-0.3, -0.25) is 0 Å². The molecule has 0 bridgehead atoms. The largest absolute Gasteiger partial charge is 0.478 e. The van der Waals surface area contributed by atoms with E-state index in [0.717, 1.165) is 22.9 Å². The van der Waals surface area contributed by atoms with Crippen molar-refractivity contribution < 1.29 is 27.3 Å². The lowest BCUT2D eigenvalue weighted by molar-refractivity contribution is 0.0695. The van der Waals surface area contributed by atoms with Crippen LogP contribution < -0.4 is 14.8 Å². The van der Waals surface area contributed by atoms with Crippen molar-refractivity contribution in [2.75, 3.05) is 10.6 Å². The Labute approximate surface area is 189 Å². The van der Waals surface area contributed by atoms with Crippen LogP contribution in [-0.2, 0) is 10.1 Å². The Morgan fingerprint density at radius 3 is 2.24 bits per heavy atom. The van der Waals surface area contributed by atoms with Gasteiger partial charge in [-0.1, -0.05) is 54.6 Å². The number of hydrogen-bond donors (Lipinski definition) is 3. The summed E-state index contributed by atoms with van der Waals surface area (Å²) < 4.78 is 30.2. The van der Waals surface area contributed by atoms with Gasteiger partial charge in [0.25, 0.3) is 0 Å². The zero-order valence-corrected chi connectivity index (χ0v) is 17.9. The van der Waals surface area contributed by atoms with Crippen LogP contribution in [0.3, 0.4) is 0 Å². The van der Waals surface area contributed by atoms with Gasteiger partial charge >= 0.3 is 22.1 Å². The van der Waals surface area contributed by atoms with Gasteiger partial charge in [-0.25, -0.2) is 9.59 Å². The van der Waals surface area contributed by atoms with Crippen molar-refractivity contribution in [1.82, 2.24) is 0 Å². The van der Waals surface area contributed by atoms with Crippen molar-refractivity contribution in [1.29, 1.82) is 0 Å². The first-order chi connectivity index (χ1) is 15.8. The third-order valence-corrected chi connectivity index (χ3v) is 5.99. The number of fused-ring (bicyclic) bond motifs is 1. The summed E-state index contributed by atoms with van der Waals surface area (Å²) in [6, 6.07) is 23.4. The monoisotopic (exact) mass is 462 g/mol. The van der Waals surface area contributed by atoms with Crippen LogP contribution in [0.5, 0.6) is 5.75 Å². The molecule has 0 unspecified atom stereocenters. The van der Waals surface area contributed by atoms with Gasteiger partial charge in [-0.15, -0.1) is 0 Å². The van der Waals surface area contributed by atoms with E-state index in [-0.39, 0.29) is 16.1 Å². The molecule has 0 aliphatic heterocycles. The van der Waals surface area contributed by atoms with Gasteiger partial charge in [0, 0.05) is 17.1 Å². The number of urea groups is 1. The van der Waals surface area contributed by atoms with Crippen molar-refractivity contribution in [3.8, 4) is 5.75 Å². The van der Waals surface area contributed by atoms with Crippen LogP contribution in [0.1, 0.15) is 10.4 Å². The van der Waals surface area contributed by atoms with Crippen molar-refractivity contribution in [3.63, 3.8) is 0 Å². The van der Waals surface area contributed by atoms with E-state index in [1.165, 1.54) is 30.3 Å². The van der Waals surface area contributed by atoms with Crippen LogP contribution >= 0.6 is 0 Å². The minimum Gasteiger partial charge on any atom is -0.478 e. The topological polar surface area (TPSA) is 122 Å². The second-order valence-corrected chi connectivity index (χ2v) is 8.52. The molecule has 33 heavy (non-hydrogen) atoms. The summed E-state index contributed by atoms with van der Waals surface area (Å²) in [5, 5.41) is 16.5. The maximum Gasteiger partial charge on any atom is 0.339 e. The molecule has 0 aliphatic rings. The molecule has 4 rings (SSSR count). The van der Waals surface area contributed by atoms with E-state index < -0.39 is 27.9 Å². The standard InChI is InChI=1S/C24H18N2O6S/c27-23(28)20-14-13-17(15-22(20)32-33(30,31)18-9-2-1-3-10-18)25-24(29)26-21-12-6-8-16-7-4-5-11-19(16)21/h1-15H,(H,27,28)(H2,25,26,29). The molecule has 4 aromatic rings. The first-order valence-electron chi connectivity index (χ1n) is 9.76. The molecule has 0 spiro atoms. The average molecular weight is 462 g/mol. The van der Waals surface area contributed by atoms with E-state index in [9.17, 15) is 23.1 Å². The van der Waals surface area contributed by atoms with Gasteiger partial charge in [0.1, 0.15) is 10.5 Å². The Hall–Kier alpha value is -4.37. The Morgan fingerprint density at radius 2 is 1.48 bits per heavy atom. The number of benzene rings is 4. The molecule has 0 aromatic heterocycles. The highest BCUT2D eigenvalue weighted by atomic mass is 32.2. The van der Waals surface area contributed by atoms with Gasteiger partial charge in [0.15, 0.2) is 5.75 Å². The maximum atomic E-state index is 12.6. The van der Waals surface area contributed by atoms with E-state index in [1.807, 2.05) is 30.3 Å². The third-order valence-electron chi connectivity index (χ3n) is 4.74. The highest BCUT2D eigenvalue weighted by molar-refractivity contribution is 7.87. The number of carboxylic acids is 1. The summed E-state index contributed by atoms with van der Waals surface area (Å²) in [4.78, 5) is 24.0. The number of hydrogen-bond acceptors (Lipinski definition) is 5. The molecule has 0 heterocycles. The molecule has 8 nitrogen and oxygen atoms in total. The predicted molar refractivity (Wildman–Crippen MR) is 124 cm³/mol. The van der Waals surface area contributed by atoms with Crippen molar-refractivity contribution >= 4 is 44.3 Å². The van der Waals surface area contributed by atoms with Crippen LogP contribution in [-0.4, -0.2) is 25.5 Å². The lowest BCUT2D eigenvalue weighted by Crippen LogP contribution is -2.20. The van der Waals surface area contributed by atoms with Crippen LogP contribution in [0.4, 0.5) is 16.2 Å². The minimum atomic E-state index is -4.28. The van der Waals surface area contributed by atoms with Gasteiger partial charge in [-0.05, 0) is 35.7 Å². The molecule has 0 aliphatic carbocycles. The van der Waals surface area contributed by atoms with E-state index in [2.05, 4.69) is 10.6 Å². The quantitative estimate of drug-likeness (QED) is 0.349. The van der Waals surface area contributed by atoms with Gasteiger partial charge < -0.3 is 19.9 Å². The molecule has 0 fully saturated rings. The fourth-order valence-electron chi connectivity index (χ4n) is 3.22. The molecule has 9 heteroatoms. The van der Waals surface area contributed by atoms with Crippen LogP contribution in [0, 0.1) is 0 Å². The first kappa shape index (κ1) is 21.8. The third kappa shape index (κ3) is 4.94. The number of anilines is 2. The van der Waals surface area contributed by atoms with Crippen LogP contribution in [0.2, 0.25) is 0 Å². The number of carboxylic acid groups (broad SMARTS) is 1. The summed E-state index contributed by atoms with van der Waals surface area (Å²) in [5.41, 5.74) is 0.362. The smallest absolute Gasteiger partial charge is 0.339 e. The van der Waals surface area contributed by atoms with Crippen molar-refractivity contribution in [2.45, 2.75) is 4.90 Å². The zero-order chi connectivity index (χ0) is 23.4. The SMILES string of the molecule is O=C(Nc1ccc(C(=O)O)c(OS(=O)(=O)c2ccccc2)c1)Nc1cccc2ccccc12. The summed E-state index contributed by atoms with van der Waals surface area (Å²) in [5.74, 6) is -1.80. The number of aromatic carboxylic acids is 1. The number of rotatable bonds is 6. The number of amides is 2. The number of carbonyl (C=O) groups excluding carboxylic acids is 1. The molecule has 4 aromatic carbocycles. The molecule has 0 saturated heterocycles. The normalized spacial score (nSPS) is 11.0. The van der Waals surface area contributed by atoms with Crippen LogP contribution in [0.15, 0.2) is 95.9 Å². The average Bonchev–Trinajstić information content (AvgIpc) is 2.79. The summed E-state index contributed by atoms with van der Waals surface area (Å²) >= 11 is 0. The van der Waals surface area contributed by atoms with Gasteiger partial charge in [0.05, 0.1) is 5.69 Å². The summed E-state index contributed by atoms with van der Waals surface area (Å²) in [6.45, 7) is 0. The fourth-order valence-corrected chi connectivity index (χ4v) is 4.18. The summed E-state index contributed by atoms with van der Waals surface area (Å²) in [6.07, 6.45) is 0. The van der Waals surface area contributed by atoms with E-state index in [0.29, 0.717) is 5.69 Å².